The number of rotatable bonds is 5. The van der Waals surface area contributed by atoms with E-state index in [9.17, 15) is 18.0 Å². The molecule has 3 heterocycles. The number of nitrogens with one attached hydrogen (secondary N) is 1. The molecule has 8 nitrogen and oxygen atoms in total. The smallest absolute Gasteiger partial charge is 0.295 e. The highest BCUT2D eigenvalue weighted by molar-refractivity contribution is 9.11. The zero-order chi connectivity index (χ0) is 23.0. The van der Waals surface area contributed by atoms with Crippen molar-refractivity contribution in [1.29, 1.82) is 0 Å². The van der Waals surface area contributed by atoms with Gasteiger partial charge in [-0.3, -0.25) is 14.3 Å². The molecule has 1 aliphatic rings. The molecule has 0 saturated carbocycles. The van der Waals surface area contributed by atoms with Crippen LogP contribution in [-0.2, 0) is 21.9 Å². The molecule has 1 amide bonds. The molecule has 3 aromatic rings. The Bertz CT molecular complexity index is 1310. The Labute approximate surface area is 198 Å². The number of sulfonamides is 1. The lowest BCUT2D eigenvalue weighted by Crippen LogP contribution is -2.43. The van der Waals surface area contributed by atoms with E-state index in [-0.39, 0.29) is 27.9 Å². The zero-order valence-corrected chi connectivity index (χ0v) is 20.8. The molecule has 0 aliphatic carbocycles. The van der Waals surface area contributed by atoms with Crippen molar-refractivity contribution in [3.63, 3.8) is 0 Å². The minimum absolute atomic E-state index is 0.0858. The molecule has 11 heteroatoms. The normalized spacial score (nSPS) is 17.4. The van der Waals surface area contributed by atoms with Gasteiger partial charge in [-0.1, -0.05) is 18.2 Å². The summed E-state index contributed by atoms with van der Waals surface area (Å²) in [6.07, 6.45) is 1.14. The van der Waals surface area contributed by atoms with Crippen LogP contribution in [0.5, 0.6) is 0 Å². The molecule has 1 atom stereocenters. The van der Waals surface area contributed by atoms with Crippen molar-refractivity contribution in [2.45, 2.75) is 24.0 Å². The molecule has 1 aromatic carbocycles. The number of hydrogen-bond donors (Lipinski definition) is 1. The van der Waals surface area contributed by atoms with Gasteiger partial charge in [-0.05, 0) is 60.0 Å². The first-order chi connectivity index (χ1) is 15.2. The van der Waals surface area contributed by atoms with Gasteiger partial charge in [-0.15, -0.1) is 11.3 Å². The van der Waals surface area contributed by atoms with Crippen LogP contribution in [0.3, 0.4) is 0 Å². The van der Waals surface area contributed by atoms with Crippen LogP contribution in [0, 0.1) is 12.8 Å². The maximum absolute atomic E-state index is 13.1. The van der Waals surface area contributed by atoms with E-state index in [1.165, 1.54) is 8.99 Å². The average molecular weight is 539 g/mol. The fourth-order valence-corrected chi connectivity index (χ4v) is 7.56. The highest BCUT2D eigenvalue weighted by Crippen LogP contribution is 2.31. The second-order valence-corrected chi connectivity index (χ2v) is 12.3. The van der Waals surface area contributed by atoms with Crippen LogP contribution >= 0.6 is 27.3 Å². The summed E-state index contributed by atoms with van der Waals surface area (Å²) in [7, 11) is -1.91. The van der Waals surface area contributed by atoms with Gasteiger partial charge in [0.25, 0.3) is 15.6 Å². The van der Waals surface area contributed by atoms with Crippen molar-refractivity contribution < 1.29 is 13.2 Å². The number of aromatic nitrogens is 2. The lowest BCUT2D eigenvalue weighted by Gasteiger charge is -2.30. The molecule has 2 aromatic heterocycles. The highest BCUT2D eigenvalue weighted by Gasteiger charge is 2.34. The Morgan fingerprint density at radius 2 is 1.91 bits per heavy atom. The Balaban J connectivity index is 1.55. The van der Waals surface area contributed by atoms with Crippen molar-refractivity contribution in [2.75, 3.05) is 18.4 Å². The summed E-state index contributed by atoms with van der Waals surface area (Å²) in [6, 6.07) is 12.4. The van der Waals surface area contributed by atoms with Crippen molar-refractivity contribution in [3.05, 3.63) is 62.3 Å². The summed E-state index contributed by atoms with van der Waals surface area (Å²) in [5, 5.41) is 2.78. The molecular formula is C21H23BrN4O4S2. The number of nitrogens with zero attached hydrogens (tertiary/aromatic N) is 3. The number of thiophene rings is 1. The van der Waals surface area contributed by atoms with E-state index in [1.54, 1.807) is 30.8 Å². The molecule has 0 spiro atoms. The number of benzene rings is 1. The summed E-state index contributed by atoms with van der Waals surface area (Å²) < 4.78 is 31.5. The second-order valence-electron chi connectivity index (χ2n) is 7.69. The van der Waals surface area contributed by atoms with Gasteiger partial charge in [0.2, 0.25) is 5.91 Å². The maximum Gasteiger partial charge on any atom is 0.295 e. The standard InChI is InChI=1S/C21H23BrN4O4S2/c1-14-19(21(28)26(24(14)2)16-8-4-3-5-9-16)23-20(27)15-7-6-12-25(13-15)32(29,30)18-11-10-17(22)31-18/h3-5,8-11,15H,6-7,12-13H2,1-2H3,(H,23,27). The van der Waals surface area contributed by atoms with Gasteiger partial charge in [-0.2, -0.15) is 4.31 Å². The van der Waals surface area contributed by atoms with Crippen LogP contribution in [0.2, 0.25) is 0 Å². The third-order valence-corrected chi connectivity index (χ3v) is 9.66. The predicted octanol–water partition coefficient (Wildman–Crippen LogP) is 3.35. The van der Waals surface area contributed by atoms with Crippen molar-refractivity contribution >= 4 is 48.9 Å². The molecule has 1 saturated heterocycles. The van der Waals surface area contributed by atoms with Crippen LogP contribution in [0.25, 0.3) is 5.69 Å². The number of piperidine rings is 1. The Hall–Kier alpha value is -2.21. The minimum atomic E-state index is -3.66. The van der Waals surface area contributed by atoms with Crippen LogP contribution in [0.15, 0.2) is 55.3 Å². The van der Waals surface area contributed by atoms with Gasteiger partial charge in [0.05, 0.1) is 21.1 Å². The van der Waals surface area contributed by atoms with E-state index < -0.39 is 15.9 Å². The lowest BCUT2D eigenvalue weighted by atomic mass is 9.99. The molecule has 1 fully saturated rings. The van der Waals surface area contributed by atoms with Gasteiger partial charge in [0.15, 0.2) is 0 Å². The minimum Gasteiger partial charge on any atom is -0.320 e. The van der Waals surface area contributed by atoms with E-state index in [4.69, 9.17) is 0 Å². The first kappa shape index (κ1) is 23.0. The predicted molar refractivity (Wildman–Crippen MR) is 128 cm³/mol. The Kier molecular flexibility index (Phi) is 6.44. The van der Waals surface area contributed by atoms with Crippen LogP contribution in [-0.4, -0.2) is 41.1 Å². The SMILES string of the molecule is Cc1c(NC(=O)C2CCCN(S(=O)(=O)c3ccc(Br)s3)C2)c(=O)n(-c2ccccc2)n1C. The third kappa shape index (κ3) is 4.21. The van der Waals surface area contributed by atoms with Gasteiger partial charge >= 0.3 is 0 Å². The monoisotopic (exact) mass is 538 g/mol. The third-order valence-electron chi connectivity index (χ3n) is 5.70. The average Bonchev–Trinajstić information content (AvgIpc) is 3.32. The van der Waals surface area contributed by atoms with E-state index in [2.05, 4.69) is 21.2 Å². The molecule has 170 valence electrons. The fraction of sp³-hybridized carbons (Fsp3) is 0.333. The summed E-state index contributed by atoms with van der Waals surface area (Å²) >= 11 is 4.44. The lowest BCUT2D eigenvalue weighted by molar-refractivity contribution is -0.120. The number of hydrogen-bond acceptors (Lipinski definition) is 5. The Morgan fingerprint density at radius 3 is 2.56 bits per heavy atom. The number of para-hydroxylation sites is 1. The summed E-state index contributed by atoms with van der Waals surface area (Å²) in [5.41, 5.74) is 1.20. The number of amides is 1. The number of anilines is 1. The molecule has 0 bridgehead atoms. The fourth-order valence-electron chi connectivity index (χ4n) is 3.88. The maximum atomic E-state index is 13.1. The molecular weight excluding hydrogens is 516 g/mol. The molecule has 0 radical (unpaired) electrons. The highest BCUT2D eigenvalue weighted by atomic mass is 79.9. The Morgan fingerprint density at radius 1 is 1.19 bits per heavy atom. The topological polar surface area (TPSA) is 93.4 Å². The van der Waals surface area contributed by atoms with Crippen LogP contribution in [0.4, 0.5) is 5.69 Å². The summed E-state index contributed by atoms with van der Waals surface area (Å²) in [5.74, 6) is -0.880. The summed E-state index contributed by atoms with van der Waals surface area (Å²) in [6.45, 7) is 2.22. The van der Waals surface area contributed by atoms with Gasteiger partial charge in [-0.25, -0.2) is 13.1 Å². The number of carbonyl (C=O) groups is 1. The first-order valence-electron chi connectivity index (χ1n) is 10.1. The van der Waals surface area contributed by atoms with Crippen LogP contribution in [0.1, 0.15) is 18.5 Å². The van der Waals surface area contributed by atoms with Crippen LogP contribution < -0.4 is 10.9 Å². The van der Waals surface area contributed by atoms with Crippen molar-refractivity contribution in [2.24, 2.45) is 13.0 Å². The molecule has 1 N–H and O–H groups in total. The quantitative estimate of drug-likeness (QED) is 0.539. The first-order valence-corrected chi connectivity index (χ1v) is 13.2. The summed E-state index contributed by atoms with van der Waals surface area (Å²) in [4.78, 5) is 26.1. The van der Waals surface area contributed by atoms with E-state index in [1.807, 2.05) is 30.3 Å². The number of halogens is 1. The van der Waals surface area contributed by atoms with Gasteiger partial charge in [0, 0.05) is 20.1 Å². The van der Waals surface area contributed by atoms with Gasteiger partial charge < -0.3 is 5.32 Å². The van der Waals surface area contributed by atoms with E-state index in [0.29, 0.717) is 30.8 Å². The molecule has 1 aliphatic heterocycles. The second kappa shape index (κ2) is 8.97. The number of carbonyl (C=O) groups excluding carboxylic acids is 1. The van der Waals surface area contributed by atoms with E-state index >= 15 is 0 Å². The van der Waals surface area contributed by atoms with E-state index in [0.717, 1.165) is 15.1 Å². The largest absolute Gasteiger partial charge is 0.320 e. The zero-order valence-electron chi connectivity index (χ0n) is 17.6. The molecule has 1 unspecified atom stereocenters. The van der Waals surface area contributed by atoms with Crippen molar-refractivity contribution in [3.8, 4) is 5.69 Å². The molecule has 32 heavy (non-hydrogen) atoms. The molecule has 4 rings (SSSR count). The van der Waals surface area contributed by atoms with Gasteiger partial charge in [0.1, 0.15) is 9.90 Å². The van der Waals surface area contributed by atoms with Crippen molar-refractivity contribution in [1.82, 2.24) is 13.7 Å².